The number of carbonyl (C=O) groups is 1. The quantitative estimate of drug-likeness (QED) is 0.746. The summed E-state index contributed by atoms with van der Waals surface area (Å²) in [6.45, 7) is 0. The summed E-state index contributed by atoms with van der Waals surface area (Å²) < 4.78 is 0. The molecule has 0 aliphatic heterocycles. The van der Waals surface area contributed by atoms with Crippen molar-refractivity contribution in [2.75, 3.05) is 7.05 Å². The molecule has 0 unspecified atom stereocenters. The molecule has 0 saturated carbocycles. The van der Waals surface area contributed by atoms with Crippen LogP contribution in [-0.2, 0) is 6.42 Å². The average Bonchev–Trinajstić information content (AvgIpc) is 2.59. The van der Waals surface area contributed by atoms with E-state index in [1.165, 1.54) is 5.56 Å². The lowest BCUT2D eigenvalue weighted by Gasteiger charge is -2.10. The molecule has 74 valence electrons. The molecule has 3 nitrogen and oxygen atoms in total. The average molecular weight is 191 g/mol. The van der Waals surface area contributed by atoms with E-state index >= 15 is 0 Å². The summed E-state index contributed by atoms with van der Waals surface area (Å²) in [4.78, 5) is 10.8. The van der Waals surface area contributed by atoms with E-state index in [0.29, 0.717) is 11.6 Å². The number of rotatable bonds is 2. The van der Waals surface area contributed by atoms with Crippen LogP contribution in [0.5, 0.6) is 0 Å². The van der Waals surface area contributed by atoms with E-state index in [-0.39, 0.29) is 0 Å². The fraction of sp³-hybridized carbons (Fsp3) is 0.364. The van der Waals surface area contributed by atoms with Gasteiger partial charge in [-0.2, -0.15) is 0 Å². The SMILES string of the molecule is CN[C@H]1CCc2ccc(C(=O)O)cc21. The summed E-state index contributed by atoms with van der Waals surface area (Å²) in [5.74, 6) is -0.852. The number of fused-ring (bicyclic) bond motifs is 1. The van der Waals surface area contributed by atoms with Gasteiger partial charge in [0.05, 0.1) is 5.56 Å². The van der Waals surface area contributed by atoms with Crippen molar-refractivity contribution in [3.05, 3.63) is 34.9 Å². The van der Waals surface area contributed by atoms with Crippen LogP contribution in [0.2, 0.25) is 0 Å². The number of nitrogens with one attached hydrogen (secondary N) is 1. The first-order valence-electron chi connectivity index (χ1n) is 4.75. The van der Waals surface area contributed by atoms with Crippen LogP contribution in [0.3, 0.4) is 0 Å². The Morgan fingerprint density at radius 1 is 1.57 bits per heavy atom. The van der Waals surface area contributed by atoms with Gasteiger partial charge in [-0.15, -0.1) is 0 Å². The Hall–Kier alpha value is -1.35. The lowest BCUT2D eigenvalue weighted by molar-refractivity contribution is 0.0697. The minimum atomic E-state index is -0.852. The number of hydrogen-bond donors (Lipinski definition) is 2. The van der Waals surface area contributed by atoms with Gasteiger partial charge < -0.3 is 10.4 Å². The molecule has 2 rings (SSSR count). The van der Waals surface area contributed by atoms with Crippen LogP contribution >= 0.6 is 0 Å². The first-order valence-corrected chi connectivity index (χ1v) is 4.75. The Bertz CT molecular complexity index is 374. The second-order valence-corrected chi connectivity index (χ2v) is 3.60. The number of hydrogen-bond acceptors (Lipinski definition) is 2. The molecule has 0 spiro atoms. The third-order valence-corrected chi connectivity index (χ3v) is 2.82. The summed E-state index contributed by atoms with van der Waals surface area (Å²) in [6.07, 6.45) is 2.11. The normalized spacial score (nSPS) is 19.4. The molecule has 1 atom stereocenters. The predicted octanol–water partition coefficient (Wildman–Crippen LogP) is 1.59. The molecule has 1 aromatic rings. The predicted molar refractivity (Wildman–Crippen MR) is 53.5 cm³/mol. The lowest BCUT2D eigenvalue weighted by Crippen LogP contribution is -2.13. The van der Waals surface area contributed by atoms with Crippen molar-refractivity contribution in [2.24, 2.45) is 0 Å². The van der Waals surface area contributed by atoms with E-state index in [2.05, 4.69) is 5.32 Å². The zero-order chi connectivity index (χ0) is 10.1. The summed E-state index contributed by atoms with van der Waals surface area (Å²) in [5, 5.41) is 12.0. The van der Waals surface area contributed by atoms with Crippen molar-refractivity contribution in [3.63, 3.8) is 0 Å². The summed E-state index contributed by atoms with van der Waals surface area (Å²) in [7, 11) is 1.91. The summed E-state index contributed by atoms with van der Waals surface area (Å²) in [5.41, 5.74) is 2.80. The topological polar surface area (TPSA) is 49.3 Å². The molecule has 3 heteroatoms. The third-order valence-electron chi connectivity index (χ3n) is 2.82. The third kappa shape index (κ3) is 1.40. The molecule has 0 aromatic heterocycles. The van der Waals surface area contributed by atoms with Crippen LogP contribution in [0.25, 0.3) is 0 Å². The monoisotopic (exact) mass is 191 g/mol. The van der Waals surface area contributed by atoms with Crippen molar-refractivity contribution < 1.29 is 9.90 Å². The van der Waals surface area contributed by atoms with Gasteiger partial charge in [-0.05, 0) is 43.1 Å². The zero-order valence-electron chi connectivity index (χ0n) is 8.08. The van der Waals surface area contributed by atoms with Gasteiger partial charge in [-0.25, -0.2) is 4.79 Å². The lowest BCUT2D eigenvalue weighted by atomic mass is 10.0. The Morgan fingerprint density at radius 3 is 3.00 bits per heavy atom. The second kappa shape index (κ2) is 3.42. The number of carboxylic acids is 1. The van der Waals surface area contributed by atoms with Gasteiger partial charge in [0, 0.05) is 6.04 Å². The van der Waals surface area contributed by atoms with Crippen LogP contribution in [0, 0.1) is 0 Å². The van der Waals surface area contributed by atoms with Crippen molar-refractivity contribution in [1.29, 1.82) is 0 Å². The highest BCUT2D eigenvalue weighted by atomic mass is 16.4. The minimum Gasteiger partial charge on any atom is -0.478 e. The first-order chi connectivity index (χ1) is 6.72. The maximum atomic E-state index is 10.8. The van der Waals surface area contributed by atoms with E-state index in [1.807, 2.05) is 13.1 Å². The molecule has 1 aliphatic rings. The van der Waals surface area contributed by atoms with Crippen LogP contribution in [-0.4, -0.2) is 18.1 Å². The van der Waals surface area contributed by atoms with Crippen molar-refractivity contribution in [2.45, 2.75) is 18.9 Å². The maximum absolute atomic E-state index is 10.8. The van der Waals surface area contributed by atoms with Crippen LogP contribution in [0.15, 0.2) is 18.2 Å². The van der Waals surface area contributed by atoms with E-state index in [1.54, 1.807) is 12.1 Å². The van der Waals surface area contributed by atoms with Crippen LogP contribution < -0.4 is 5.32 Å². The van der Waals surface area contributed by atoms with Gasteiger partial charge in [-0.1, -0.05) is 6.07 Å². The molecule has 1 aromatic carbocycles. The molecule has 0 saturated heterocycles. The van der Waals surface area contributed by atoms with E-state index in [9.17, 15) is 4.79 Å². The zero-order valence-corrected chi connectivity index (χ0v) is 8.08. The van der Waals surface area contributed by atoms with Gasteiger partial charge in [-0.3, -0.25) is 0 Å². The molecule has 1 aliphatic carbocycles. The number of aromatic carboxylic acids is 1. The second-order valence-electron chi connectivity index (χ2n) is 3.60. The highest BCUT2D eigenvalue weighted by Crippen LogP contribution is 2.31. The molecular weight excluding hydrogens is 178 g/mol. The summed E-state index contributed by atoms with van der Waals surface area (Å²) in [6, 6.07) is 5.71. The fourth-order valence-corrected chi connectivity index (χ4v) is 2.04. The van der Waals surface area contributed by atoms with E-state index in [0.717, 1.165) is 18.4 Å². The molecule has 0 bridgehead atoms. The summed E-state index contributed by atoms with van der Waals surface area (Å²) >= 11 is 0. The van der Waals surface area contributed by atoms with Crippen molar-refractivity contribution in [1.82, 2.24) is 5.32 Å². The molecular formula is C11H13NO2. The van der Waals surface area contributed by atoms with Crippen LogP contribution in [0.1, 0.15) is 33.9 Å². The van der Waals surface area contributed by atoms with Crippen molar-refractivity contribution in [3.8, 4) is 0 Å². The Kier molecular flexibility index (Phi) is 2.25. The molecule has 14 heavy (non-hydrogen) atoms. The standard InChI is InChI=1S/C11H13NO2/c1-12-10-5-4-7-2-3-8(11(13)14)6-9(7)10/h2-3,6,10,12H,4-5H2,1H3,(H,13,14)/t10-/m0/s1. The Labute approximate surface area is 82.8 Å². The van der Waals surface area contributed by atoms with E-state index < -0.39 is 5.97 Å². The van der Waals surface area contributed by atoms with Crippen molar-refractivity contribution >= 4 is 5.97 Å². The highest BCUT2D eigenvalue weighted by molar-refractivity contribution is 5.88. The first kappa shape index (κ1) is 9.21. The molecule has 0 fully saturated rings. The fourth-order valence-electron chi connectivity index (χ4n) is 2.04. The smallest absolute Gasteiger partial charge is 0.335 e. The largest absolute Gasteiger partial charge is 0.478 e. The number of carboxylic acid groups (broad SMARTS) is 1. The Morgan fingerprint density at radius 2 is 2.36 bits per heavy atom. The van der Waals surface area contributed by atoms with Gasteiger partial charge in [0.25, 0.3) is 0 Å². The van der Waals surface area contributed by atoms with E-state index in [4.69, 9.17) is 5.11 Å². The number of benzene rings is 1. The molecule has 0 amide bonds. The highest BCUT2D eigenvalue weighted by Gasteiger charge is 2.21. The molecule has 2 N–H and O–H groups in total. The maximum Gasteiger partial charge on any atom is 0.335 e. The van der Waals surface area contributed by atoms with Gasteiger partial charge in [0.15, 0.2) is 0 Å². The minimum absolute atomic E-state index is 0.323. The molecule has 0 radical (unpaired) electrons. The Balaban J connectivity index is 2.42. The van der Waals surface area contributed by atoms with Gasteiger partial charge >= 0.3 is 5.97 Å². The van der Waals surface area contributed by atoms with Gasteiger partial charge in [0.1, 0.15) is 0 Å². The molecule has 0 heterocycles. The van der Waals surface area contributed by atoms with Gasteiger partial charge in [0.2, 0.25) is 0 Å². The number of aryl methyl sites for hydroxylation is 1. The van der Waals surface area contributed by atoms with Crippen LogP contribution in [0.4, 0.5) is 0 Å².